The van der Waals surface area contributed by atoms with Gasteiger partial charge in [-0.15, -0.1) is 0 Å². The highest BCUT2D eigenvalue weighted by Gasteiger charge is 2.14. The smallest absolute Gasteiger partial charge is 0.158 e. The molecule has 2 aromatic heterocycles. The summed E-state index contributed by atoms with van der Waals surface area (Å²) in [6.07, 6.45) is 6.10. The van der Waals surface area contributed by atoms with Crippen LogP contribution in [0.4, 0.5) is 0 Å². The molecular weight excluding hydrogens is 390 g/mol. The monoisotopic (exact) mass is 411 g/mol. The molecule has 0 unspecified atom stereocenters. The summed E-state index contributed by atoms with van der Waals surface area (Å²) >= 11 is 0. The quantitative estimate of drug-likeness (QED) is 0.639. The molecule has 6 nitrogen and oxygen atoms in total. The average molecular weight is 411 g/mol. The summed E-state index contributed by atoms with van der Waals surface area (Å²) in [7, 11) is 3.23. The van der Waals surface area contributed by atoms with E-state index in [4.69, 9.17) is 14.2 Å². The van der Waals surface area contributed by atoms with Crippen LogP contribution in [0.25, 0.3) is 23.4 Å². The van der Waals surface area contributed by atoms with Crippen molar-refractivity contribution in [3.8, 4) is 28.8 Å². The van der Waals surface area contributed by atoms with Crippen LogP contribution in [-0.2, 0) is 9.47 Å². The molecule has 3 aromatic rings. The SMILES string of the molecule is COC1=C(OC)CC=c2c(Oc3ccc(C)nc3-c3cccc(C#N)c3)ccnc2=C1. The molecule has 0 atom stereocenters. The minimum atomic E-state index is 0.550. The second-order valence-corrected chi connectivity index (χ2v) is 6.95. The average Bonchev–Trinajstić information content (AvgIpc) is 2.99. The van der Waals surface area contributed by atoms with E-state index < -0.39 is 0 Å². The van der Waals surface area contributed by atoms with Crippen molar-refractivity contribution in [1.29, 1.82) is 5.26 Å². The van der Waals surface area contributed by atoms with Crippen LogP contribution in [0.3, 0.4) is 0 Å². The summed E-state index contributed by atoms with van der Waals surface area (Å²) in [4.78, 5) is 9.16. The number of benzene rings is 1. The van der Waals surface area contributed by atoms with Gasteiger partial charge in [0.05, 0.1) is 31.2 Å². The molecule has 4 rings (SSSR count). The van der Waals surface area contributed by atoms with Gasteiger partial charge in [-0.05, 0) is 37.3 Å². The fourth-order valence-corrected chi connectivity index (χ4v) is 3.42. The number of pyridine rings is 2. The molecule has 0 radical (unpaired) electrons. The van der Waals surface area contributed by atoms with Gasteiger partial charge in [0, 0.05) is 35.2 Å². The number of allylic oxidation sites excluding steroid dienone is 2. The van der Waals surface area contributed by atoms with E-state index in [0.29, 0.717) is 34.9 Å². The lowest BCUT2D eigenvalue weighted by Crippen LogP contribution is -2.29. The molecule has 0 saturated carbocycles. The third-order valence-electron chi connectivity index (χ3n) is 4.96. The first-order valence-electron chi connectivity index (χ1n) is 9.77. The van der Waals surface area contributed by atoms with E-state index in [9.17, 15) is 5.26 Å². The molecule has 0 saturated heterocycles. The van der Waals surface area contributed by atoms with Gasteiger partial charge in [-0.25, -0.2) is 4.98 Å². The van der Waals surface area contributed by atoms with Crippen LogP contribution in [-0.4, -0.2) is 24.2 Å². The maximum Gasteiger partial charge on any atom is 0.158 e. The van der Waals surface area contributed by atoms with Crippen LogP contribution in [0.5, 0.6) is 11.5 Å². The van der Waals surface area contributed by atoms with Gasteiger partial charge in [0.15, 0.2) is 11.5 Å². The van der Waals surface area contributed by atoms with Gasteiger partial charge in [0.1, 0.15) is 17.2 Å². The van der Waals surface area contributed by atoms with Crippen molar-refractivity contribution in [3.63, 3.8) is 0 Å². The Morgan fingerprint density at radius 1 is 1.03 bits per heavy atom. The second kappa shape index (κ2) is 8.72. The van der Waals surface area contributed by atoms with Gasteiger partial charge >= 0.3 is 0 Å². The van der Waals surface area contributed by atoms with Gasteiger partial charge < -0.3 is 14.2 Å². The minimum Gasteiger partial charge on any atom is -0.497 e. The lowest BCUT2D eigenvalue weighted by molar-refractivity contribution is 0.232. The number of hydrogen-bond donors (Lipinski definition) is 0. The van der Waals surface area contributed by atoms with Crippen molar-refractivity contribution in [2.45, 2.75) is 13.3 Å². The number of nitriles is 1. The van der Waals surface area contributed by atoms with Crippen molar-refractivity contribution < 1.29 is 14.2 Å². The predicted molar refractivity (Wildman–Crippen MR) is 117 cm³/mol. The van der Waals surface area contributed by atoms with Crippen LogP contribution in [0.1, 0.15) is 17.7 Å². The Kier molecular flexibility index (Phi) is 5.67. The molecule has 0 amide bonds. The maximum absolute atomic E-state index is 9.27. The highest BCUT2D eigenvalue weighted by Crippen LogP contribution is 2.31. The molecule has 6 heteroatoms. The van der Waals surface area contributed by atoms with Crippen LogP contribution in [0.2, 0.25) is 0 Å². The Labute approximate surface area is 180 Å². The summed E-state index contributed by atoms with van der Waals surface area (Å²) in [5.41, 5.74) is 2.92. The van der Waals surface area contributed by atoms with Crippen LogP contribution in [0.15, 0.2) is 60.2 Å². The molecule has 31 heavy (non-hydrogen) atoms. The third kappa shape index (κ3) is 4.12. The van der Waals surface area contributed by atoms with Crippen molar-refractivity contribution in [3.05, 3.63) is 82.0 Å². The van der Waals surface area contributed by atoms with Crippen molar-refractivity contribution in [2.75, 3.05) is 14.2 Å². The van der Waals surface area contributed by atoms with E-state index >= 15 is 0 Å². The summed E-state index contributed by atoms with van der Waals surface area (Å²) in [5, 5.41) is 10.8. The molecule has 2 heterocycles. The van der Waals surface area contributed by atoms with E-state index in [1.54, 1.807) is 32.5 Å². The Hall–Kier alpha value is -4.11. The molecule has 0 bridgehead atoms. The van der Waals surface area contributed by atoms with Gasteiger partial charge in [-0.3, -0.25) is 4.98 Å². The number of aromatic nitrogens is 2. The maximum atomic E-state index is 9.27. The summed E-state index contributed by atoms with van der Waals surface area (Å²) in [5.74, 6) is 2.60. The standard InChI is InChI=1S/C25H21N3O3/c1-16-7-9-23(25(28-16)18-6-4-5-17(13-18)15-26)31-21-11-12-27-20-14-24(30-3)22(29-2)10-8-19(20)21/h4-9,11-14H,10H2,1-3H3. The highest BCUT2D eigenvalue weighted by atomic mass is 16.5. The lowest BCUT2D eigenvalue weighted by atomic mass is 10.1. The van der Waals surface area contributed by atoms with Gasteiger partial charge in [-0.2, -0.15) is 5.26 Å². The molecular formula is C25H21N3O3. The van der Waals surface area contributed by atoms with E-state index in [1.807, 2.05) is 49.4 Å². The largest absolute Gasteiger partial charge is 0.497 e. The lowest BCUT2D eigenvalue weighted by Gasteiger charge is -2.12. The minimum absolute atomic E-state index is 0.550. The van der Waals surface area contributed by atoms with Crippen LogP contribution in [0, 0.1) is 18.3 Å². The molecule has 1 aliphatic carbocycles. The van der Waals surface area contributed by atoms with Crippen molar-refractivity contribution in [1.82, 2.24) is 9.97 Å². The predicted octanol–water partition coefficient (Wildman–Crippen LogP) is 3.59. The summed E-state index contributed by atoms with van der Waals surface area (Å²) < 4.78 is 17.3. The number of fused-ring (bicyclic) bond motifs is 1. The zero-order valence-electron chi connectivity index (χ0n) is 17.5. The number of rotatable bonds is 5. The van der Waals surface area contributed by atoms with Crippen molar-refractivity contribution >= 4 is 12.2 Å². The van der Waals surface area contributed by atoms with E-state index in [1.165, 1.54) is 0 Å². The first kappa shape index (κ1) is 20.2. The molecule has 0 fully saturated rings. The zero-order chi connectivity index (χ0) is 21.8. The molecule has 1 aromatic carbocycles. The number of hydrogen-bond acceptors (Lipinski definition) is 6. The highest BCUT2D eigenvalue weighted by molar-refractivity contribution is 5.68. The first-order chi connectivity index (χ1) is 15.1. The van der Waals surface area contributed by atoms with Gasteiger partial charge in [0.25, 0.3) is 0 Å². The van der Waals surface area contributed by atoms with Crippen LogP contribution < -0.4 is 15.3 Å². The molecule has 0 aliphatic heterocycles. The summed E-state index contributed by atoms with van der Waals surface area (Å²) in [6, 6.07) is 15.1. The third-order valence-corrected chi connectivity index (χ3v) is 4.96. The topological polar surface area (TPSA) is 77.3 Å². The Bertz CT molecular complexity index is 1340. The Morgan fingerprint density at radius 3 is 2.68 bits per heavy atom. The van der Waals surface area contributed by atoms with Gasteiger partial charge in [0.2, 0.25) is 0 Å². The van der Waals surface area contributed by atoms with Crippen LogP contribution >= 0.6 is 0 Å². The fourth-order valence-electron chi connectivity index (χ4n) is 3.42. The Balaban J connectivity index is 1.82. The summed E-state index contributed by atoms with van der Waals surface area (Å²) in [6.45, 7) is 1.92. The normalized spacial score (nSPS) is 12.6. The number of aryl methyl sites for hydroxylation is 1. The van der Waals surface area contributed by atoms with Gasteiger partial charge in [-0.1, -0.05) is 18.2 Å². The number of nitrogens with zero attached hydrogens (tertiary/aromatic N) is 3. The molecule has 0 N–H and O–H groups in total. The Morgan fingerprint density at radius 2 is 1.90 bits per heavy atom. The first-order valence-corrected chi connectivity index (χ1v) is 9.77. The molecule has 0 spiro atoms. The molecule has 1 aliphatic rings. The van der Waals surface area contributed by atoms with E-state index in [0.717, 1.165) is 27.6 Å². The molecule has 154 valence electrons. The second-order valence-electron chi connectivity index (χ2n) is 6.95. The van der Waals surface area contributed by atoms with Crippen molar-refractivity contribution in [2.24, 2.45) is 0 Å². The zero-order valence-corrected chi connectivity index (χ0v) is 17.5. The fraction of sp³-hybridized carbons (Fsp3) is 0.160. The van der Waals surface area contributed by atoms with E-state index in [-0.39, 0.29) is 0 Å². The number of ether oxygens (including phenoxy) is 3. The van der Waals surface area contributed by atoms with E-state index in [2.05, 4.69) is 16.0 Å². The number of methoxy groups -OCH3 is 2.